The van der Waals surface area contributed by atoms with Gasteiger partial charge < -0.3 is 4.74 Å². The van der Waals surface area contributed by atoms with E-state index in [1.54, 1.807) is 12.1 Å². The first-order valence-corrected chi connectivity index (χ1v) is 13.3. The summed E-state index contributed by atoms with van der Waals surface area (Å²) in [5.41, 5.74) is 3.49. The number of nitrogens with zero attached hydrogens (tertiary/aromatic N) is 3. The lowest BCUT2D eigenvalue weighted by Crippen LogP contribution is -2.49. The monoisotopic (exact) mass is 509 g/mol. The lowest BCUT2D eigenvalue weighted by Gasteiger charge is -2.36. The van der Waals surface area contributed by atoms with E-state index in [4.69, 9.17) is 16.3 Å². The summed E-state index contributed by atoms with van der Waals surface area (Å²) in [5, 5.41) is 10.0. The first kappa shape index (κ1) is 25.4. The summed E-state index contributed by atoms with van der Waals surface area (Å²) < 4.78 is 34.1. The smallest absolute Gasteiger partial charge is 0.244 e. The summed E-state index contributed by atoms with van der Waals surface area (Å²) in [4.78, 5) is 2.29. The molecule has 182 valence electrons. The minimum Gasteiger partial charge on any atom is -0.368 e. The molecule has 3 aromatic rings. The fraction of sp³-hybridized carbons (Fsp3) is 0.296. The Morgan fingerprint density at radius 3 is 2.40 bits per heavy atom. The van der Waals surface area contributed by atoms with Crippen LogP contribution in [0.5, 0.6) is 0 Å². The van der Waals surface area contributed by atoms with Gasteiger partial charge in [-0.15, -0.1) is 0 Å². The van der Waals surface area contributed by atoms with E-state index in [1.165, 1.54) is 22.0 Å². The zero-order valence-corrected chi connectivity index (χ0v) is 21.2. The Bertz CT molecular complexity index is 1300. The van der Waals surface area contributed by atoms with E-state index in [2.05, 4.69) is 30.0 Å². The van der Waals surface area contributed by atoms with Gasteiger partial charge in [0.15, 0.2) is 0 Å². The Balaban J connectivity index is 1.44. The van der Waals surface area contributed by atoms with Gasteiger partial charge in [-0.05, 0) is 42.3 Å². The van der Waals surface area contributed by atoms with Crippen LogP contribution in [0.4, 0.5) is 0 Å². The summed E-state index contributed by atoms with van der Waals surface area (Å²) in [6.45, 7) is 5.03. The normalized spacial score (nSPS) is 16.0. The lowest BCUT2D eigenvalue weighted by molar-refractivity contribution is 0.00771. The van der Waals surface area contributed by atoms with Crippen LogP contribution in [0.25, 0.3) is 0 Å². The third-order valence-corrected chi connectivity index (χ3v) is 8.36. The first-order valence-electron chi connectivity index (χ1n) is 11.5. The molecule has 1 aliphatic heterocycles. The van der Waals surface area contributed by atoms with Crippen LogP contribution < -0.4 is 0 Å². The largest absolute Gasteiger partial charge is 0.368 e. The van der Waals surface area contributed by atoms with Crippen molar-refractivity contribution in [3.63, 3.8) is 0 Å². The standard InChI is InChI=1S/C27H28ClN3O3S/c1-21-5-4-6-22(17-21)20-34-26(23-9-11-25(28)12-10-23)19-30-13-15-31(16-14-30)35(32,33)27-8-3-2-7-24(27)18-29/h2-12,17,26H,13-16,19-20H2,1H3/t26-/m0/s1. The second kappa shape index (κ2) is 11.3. The Kier molecular flexibility index (Phi) is 8.22. The Labute approximate surface area is 212 Å². The van der Waals surface area contributed by atoms with Crippen LogP contribution in [0, 0.1) is 18.3 Å². The quantitative estimate of drug-likeness (QED) is 0.436. The van der Waals surface area contributed by atoms with E-state index >= 15 is 0 Å². The van der Waals surface area contributed by atoms with Gasteiger partial charge in [-0.25, -0.2) is 8.42 Å². The van der Waals surface area contributed by atoms with Crippen LogP contribution in [0.3, 0.4) is 0 Å². The van der Waals surface area contributed by atoms with Crippen molar-refractivity contribution in [2.75, 3.05) is 32.7 Å². The van der Waals surface area contributed by atoms with Crippen LogP contribution in [0.1, 0.15) is 28.4 Å². The fourth-order valence-electron chi connectivity index (χ4n) is 4.24. The molecular formula is C27H28ClN3O3S. The molecule has 1 atom stereocenters. The van der Waals surface area contributed by atoms with Crippen molar-refractivity contribution in [3.05, 3.63) is 100 Å². The van der Waals surface area contributed by atoms with Crippen molar-refractivity contribution < 1.29 is 13.2 Å². The van der Waals surface area contributed by atoms with Crippen molar-refractivity contribution in [1.82, 2.24) is 9.21 Å². The number of benzene rings is 3. The van der Waals surface area contributed by atoms with E-state index in [0.29, 0.717) is 44.4 Å². The predicted molar refractivity (Wildman–Crippen MR) is 137 cm³/mol. The molecule has 0 radical (unpaired) electrons. The molecule has 0 saturated carbocycles. The van der Waals surface area contributed by atoms with Gasteiger partial charge in [-0.3, -0.25) is 4.90 Å². The fourth-order valence-corrected chi connectivity index (χ4v) is 5.93. The summed E-state index contributed by atoms with van der Waals surface area (Å²) in [7, 11) is -3.73. The summed E-state index contributed by atoms with van der Waals surface area (Å²) in [6, 6.07) is 24.2. The molecule has 0 amide bonds. The maximum absolute atomic E-state index is 13.2. The number of hydrogen-bond acceptors (Lipinski definition) is 5. The topological polar surface area (TPSA) is 73.6 Å². The molecule has 1 fully saturated rings. The highest BCUT2D eigenvalue weighted by Crippen LogP contribution is 2.25. The molecule has 0 spiro atoms. The molecule has 0 aromatic heterocycles. The number of nitriles is 1. The maximum atomic E-state index is 13.2. The third kappa shape index (κ3) is 6.29. The highest BCUT2D eigenvalue weighted by atomic mass is 35.5. The Morgan fingerprint density at radius 2 is 1.71 bits per heavy atom. The zero-order chi connectivity index (χ0) is 24.8. The summed E-state index contributed by atoms with van der Waals surface area (Å²) >= 11 is 6.10. The average Bonchev–Trinajstić information content (AvgIpc) is 2.87. The highest BCUT2D eigenvalue weighted by Gasteiger charge is 2.31. The number of ether oxygens (including phenoxy) is 1. The molecule has 8 heteroatoms. The second-order valence-electron chi connectivity index (χ2n) is 8.65. The molecule has 1 saturated heterocycles. The third-order valence-electron chi connectivity index (χ3n) is 6.16. The number of hydrogen-bond donors (Lipinski definition) is 0. The molecule has 1 heterocycles. The number of halogens is 1. The first-order chi connectivity index (χ1) is 16.9. The van der Waals surface area contributed by atoms with Crippen LogP contribution in [0.2, 0.25) is 5.02 Å². The van der Waals surface area contributed by atoms with Crippen LogP contribution in [0.15, 0.2) is 77.7 Å². The van der Waals surface area contributed by atoms with Gasteiger partial charge in [0.1, 0.15) is 6.07 Å². The van der Waals surface area contributed by atoms with Gasteiger partial charge in [0.25, 0.3) is 0 Å². The maximum Gasteiger partial charge on any atom is 0.244 e. The number of sulfonamides is 1. The van der Waals surface area contributed by atoms with Gasteiger partial charge in [0.2, 0.25) is 10.0 Å². The molecule has 6 nitrogen and oxygen atoms in total. The number of rotatable bonds is 8. The van der Waals surface area contributed by atoms with Crippen LogP contribution in [-0.2, 0) is 21.4 Å². The number of piperazine rings is 1. The summed E-state index contributed by atoms with van der Waals surface area (Å²) in [6.07, 6.45) is -0.185. The minimum absolute atomic E-state index is 0.0662. The van der Waals surface area contributed by atoms with Crippen molar-refractivity contribution in [1.29, 1.82) is 5.26 Å². The van der Waals surface area contributed by atoms with Gasteiger partial charge >= 0.3 is 0 Å². The molecular weight excluding hydrogens is 482 g/mol. The van der Waals surface area contributed by atoms with Crippen LogP contribution in [-0.4, -0.2) is 50.3 Å². The van der Waals surface area contributed by atoms with E-state index < -0.39 is 10.0 Å². The lowest BCUT2D eigenvalue weighted by atomic mass is 10.1. The second-order valence-corrected chi connectivity index (χ2v) is 11.0. The van der Waals surface area contributed by atoms with Gasteiger partial charge in [-0.2, -0.15) is 9.57 Å². The summed E-state index contributed by atoms with van der Waals surface area (Å²) in [5.74, 6) is 0. The molecule has 4 rings (SSSR count). The minimum atomic E-state index is -3.73. The van der Waals surface area contributed by atoms with E-state index in [9.17, 15) is 13.7 Å². The number of aryl methyl sites for hydroxylation is 1. The van der Waals surface area contributed by atoms with Crippen molar-refractivity contribution in [2.45, 2.75) is 24.5 Å². The van der Waals surface area contributed by atoms with Crippen molar-refractivity contribution >= 4 is 21.6 Å². The average molecular weight is 510 g/mol. The Morgan fingerprint density at radius 1 is 1.00 bits per heavy atom. The van der Waals surface area contributed by atoms with E-state index in [-0.39, 0.29) is 16.6 Å². The molecule has 35 heavy (non-hydrogen) atoms. The Hall–Kier alpha value is -2.73. The molecule has 0 unspecified atom stereocenters. The van der Waals surface area contributed by atoms with Crippen LogP contribution >= 0.6 is 11.6 Å². The predicted octanol–water partition coefficient (Wildman–Crippen LogP) is 4.78. The van der Waals surface area contributed by atoms with E-state index in [1.807, 2.05) is 36.4 Å². The highest BCUT2D eigenvalue weighted by molar-refractivity contribution is 7.89. The van der Waals surface area contributed by atoms with Crippen molar-refractivity contribution in [2.24, 2.45) is 0 Å². The molecule has 0 bridgehead atoms. The molecule has 3 aromatic carbocycles. The SMILES string of the molecule is Cc1cccc(CO[C@@H](CN2CCN(S(=O)(=O)c3ccccc3C#N)CC2)c2ccc(Cl)cc2)c1. The van der Waals surface area contributed by atoms with Gasteiger partial charge in [-0.1, -0.05) is 65.7 Å². The van der Waals surface area contributed by atoms with E-state index in [0.717, 1.165) is 11.1 Å². The van der Waals surface area contributed by atoms with Gasteiger partial charge in [0, 0.05) is 37.7 Å². The molecule has 0 N–H and O–H groups in total. The zero-order valence-electron chi connectivity index (χ0n) is 19.6. The van der Waals surface area contributed by atoms with Crippen molar-refractivity contribution in [3.8, 4) is 6.07 Å². The molecule has 0 aliphatic carbocycles. The molecule has 1 aliphatic rings. The van der Waals surface area contributed by atoms with Gasteiger partial charge in [0.05, 0.1) is 23.2 Å².